The quantitative estimate of drug-likeness (QED) is 0.877. The Morgan fingerprint density at radius 1 is 1.16 bits per heavy atom. The van der Waals surface area contributed by atoms with E-state index in [0.717, 1.165) is 24.2 Å². The maximum atomic E-state index is 12.0. The first-order valence-corrected chi connectivity index (χ1v) is 6.90. The van der Waals surface area contributed by atoms with Crippen molar-refractivity contribution < 1.29 is 9.53 Å². The average Bonchev–Trinajstić information content (AvgIpc) is 2.41. The Bertz CT molecular complexity index is 409. The van der Waals surface area contributed by atoms with Gasteiger partial charge in [0.1, 0.15) is 0 Å². The van der Waals surface area contributed by atoms with E-state index >= 15 is 0 Å². The van der Waals surface area contributed by atoms with E-state index in [9.17, 15) is 4.79 Å². The number of carbonyl (C=O) groups excluding carboxylic acids is 1. The Kier molecular flexibility index (Phi) is 4.80. The zero-order valence-corrected chi connectivity index (χ0v) is 11.6. The first-order chi connectivity index (χ1) is 9.15. The number of ether oxygens (including phenoxy) is 1. The second-order valence-corrected chi connectivity index (χ2v) is 5.25. The lowest BCUT2D eigenvalue weighted by atomic mass is 9.99. The van der Waals surface area contributed by atoms with Crippen LogP contribution in [0.5, 0.6) is 0 Å². The van der Waals surface area contributed by atoms with Crippen LogP contribution in [0.4, 0.5) is 11.4 Å². The molecule has 1 aromatic rings. The molecule has 0 atom stereocenters. The third kappa shape index (κ3) is 4.24. The maximum Gasteiger partial charge on any atom is 0.227 e. The Labute approximate surface area is 114 Å². The second-order valence-electron chi connectivity index (χ2n) is 5.25. The minimum Gasteiger partial charge on any atom is -0.383 e. The summed E-state index contributed by atoms with van der Waals surface area (Å²) in [7, 11) is 0. The molecular formula is C15H22N2O2. The van der Waals surface area contributed by atoms with Crippen molar-refractivity contribution >= 4 is 17.3 Å². The maximum absolute atomic E-state index is 12.0. The minimum atomic E-state index is 0.0854. The van der Waals surface area contributed by atoms with Gasteiger partial charge < -0.3 is 15.4 Å². The number of hydrogen-bond acceptors (Lipinski definition) is 3. The number of amides is 1. The molecule has 104 valence electrons. The molecule has 1 saturated heterocycles. The number of nitrogens with one attached hydrogen (secondary N) is 2. The normalized spacial score (nSPS) is 16.4. The molecule has 0 aromatic heterocycles. The zero-order valence-electron chi connectivity index (χ0n) is 11.6. The van der Waals surface area contributed by atoms with Crippen molar-refractivity contribution in [3.8, 4) is 0 Å². The van der Waals surface area contributed by atoms with Gasteiger partial charge in [-0.25, -0.2) is 0 Å². The standard InChI is InChI=1S/C15H22N2O2/c1-11(2)16-13-3-5-14(6-4-13)17-15(18)12-7-9-19-10-8-12/h3-6,11-12,16H,7-10H2,1-2H3,(H,17,18). The van der Waals surface area contributed by atoms with Crippen molar-refractivity contribution in [3.63, 3.8) is 0 Å². The van der Waals surface area contributed by atoms with Gasteiger partial charge in [0.25, 0.3) is 0 Å². The highest BCUT2D eigenvalue weighted by molar-refractivity contribution is 5.92. The summed E-state index contributed by atoms with van der Waals surface area (Å²) >= 11 is 0. The Balaban J connectivity index is 1.89. The summed E-state index contributed by atoms with van der Waals surface area (Å²) in [6.45, 7) is 5.58. The van der Waals surface area contributed by atoms with E-state index < -0.39 is 0 Å². The lowest BCUT2D eigenvalue weighted by Crippen LogP contribution is -2.28. The number of benzene rings is 1. The highest BCUT2D eigenvalue weighted by Gasteiger charge is 2.21. The highest BCUT2D eigenvalue weighted by Crippen LogP contribution is 2.19. The smallest absolute Gasteiger partial charge is 0.227 e. The third-order valence-corrected chi connectivity index (χ3v) is 3.20. The molecule has 4 nitrogen and oxygen atoms in total. The van der Waals surface area contributed by atoms with Crippen LogP contribution in [0.1, 0.15) is 26.7 Å². The summed E-state index contributed by atoms with van der Waals surface area (Å²) in [6.07, 6.45) is 1.64. The van der Waals surface area contributed by atoms with Crippen molar-refractivity contribution in [2.24, 2.45) is 5.92 Å². The molecule has 1 fully saturated rings. The Morgan fingerprint density at radius 2 is 1.74 bits per heavy atom. The molecule has 0 aliphatic carbocycles. The SMILES string of the molecule is CC(C)Nc1ccc(NC(=O)C2CCOCC2)cc1. The van der Waals surface area contributed by atoms with Crippen molar-refractivity contribution in [3.05, 3.63) is 24.3 Å². The van der Waals surface area contributed by atoms with Crippen LogP contribution in [0.15, 0.2) is 24.3 Å². The summed E-state index contributed by atoms with van der Waals surface area (Å²) in [5.74, 6) is 0.190. The van der Waals surface area contributed by atoms with Crippen LogP contribution in [-0.4, -0.2) is 25.2 Å². The molecule has 0 saturated carbocycles. The van der Waals surface area contributed by atoms with Gasteiger partial charge in [-0.2, -0.15) is 0 Å². The number of rotatable bonds is 4. The van der Waals surface area contributed by atoms with E-state index in [1.807, 2.05) is 24.3 Å². The zero-order chi connectivity index (χ0) is 13.7. The van der Waals surface area contributed by atoms with Gasteiger partial charge in [-0.3, -0.25) is 4.79 Å². The Morgan fingerprint density at radius 3 is 2.32 bits per heavy atom. The predicted molar refractivity (Wildman–Crippen MR) is 77.4 cm³/mol. The van der Waals surface area contributed by atoms with E-state index in [-0.39, 0.29) is 11.8 Å². The molecule has 1 aliphatic heterocycles. The van der Waals surface area contributed by atoms with E-state index in [2.05, 4.69) is 24.5 Å². The topological polar surface area (TPSA) is 50.4 Å². The molecule has 1 aliphatic rings. The van der Waals surface area contributed by atoms with Crippen molar-refractivity contribution in [1.82, 2.24) is 0 Å². The largest absolute Gasteiger partial charge is 0.383 e. The van der Waals surface area contributed by atoms with Crippen LogP contribution in [0.2, 0.25) is 0 Å². The van der Waals surface area contributed by atoms with Crippen molar-refractivity contribution in [2.45, 2.75) is 32.7 Å². The molecule has 0 bridgehead atoms. The molecule has 19 heavy (non-hydrogen) atoms. The number of anilines is 2. The van der Waals surface area contributed by atoms with Crippen LogP contribution in [0.25, 0.3) is 0 Å². The molecule has 1 aromatic carbocycles. The van der Waals surface area contributed by atoms with Crippen LogP contribution in [0, 0.1) is 5.92 Å². The molecule has 2 N–H and O–H groups in total. The van der Waals surface area contributed by atoms with Gasteiger partial charge in [-0.05, 0) is 51.0 Å². The molecule has 1 amide bonds. The molecular weight excluding hydrogens is 240 g/mol. The van der Waals surface area contributed by atoms with E-state index in [0.29, 0.717) is 19.3 Å². The van der Waals surface area contributed by atoms with Gasteiger partial charge in [-0.15, -0.1) is 0 Å². The molecule has 4 heteroatoms. The van der Waals surface area contributed by atoms with E-state index in [1.54, 1.807) is 0 Å². The lowest BCUT2D eigenvalue weighted by molar-refractivity contribution is -0.122. The van der Waals surface area contributed by atoms with E-state index in [4.69, 9.17) is 4.74 Å². The van der Waals surface area contributed by atoms with Crippen molar-refractivity contribution in [2.75, 3.05) is 23.8 Å². The van der Waals surface area contributed by atoms with Crippen LogP contribution in [-0.2, 0) is 9.53 Å². The fourth-order valence-electron chi connectivity index (χ4n) is 2.19. The van der Waals surface area contributed by atoms with Gasteiger partial charge in [0, 0.05) is 36.5 Å². The number of carbonyl (C=O) groups is 1. The molecule has 2 rings (SSSR count). The Hall–Kier alpha value is -1.55. The van der Waals surface area contributed by atoms with E-state index in [1.165, 1.54) is 0 Å². The van der Waals surface area contributed by atoms with Gasteiger partial charge in [-0.1, -0.05) is 0 Å². The third-order valence-electron chi connectivity index (χ3n) is 3.20. The molecule has 1 heterocycles. The van der Waals surface area contributed by atoms with Crippen LogP contribution < -0.4 is 10.6 Å². The molecule has 0 spiro atoms. The first-order valence-electron chi connectivity index (χ1n) is 6.90. The molecule has 0 unspecified atom stereocenters. The van der Waals surface area contributed by atoms with Gasteiger partial charge in [0.15, 0.2) is 0 Å². The highest BCUT2D eigenvalue weighted by atomic mass is 16.5. The second kappa shape index (κ2) is 6.57. The minimum absolute atomic E-state index is 0.0854. The van der Waals surface area contributed by atoms with Crippen molar-refractivity contribution in [1.29, 1.82) is 0 Å². The predicted octanol–water partition coefficient (Wildman–Crippen LogP) is 2.87. The lowest BCUT2D eigenvalue weighted by Gasteiger charge is -2.21. The summed E-state index contributed by atoms with van der Waals surface area (Å²) < 4.78 is 5.26. The average molecular weight is 262 g/mol. The van der Waals surface area contributed by atoms with Crippen LogP contribution in [0.3, 0.4) is 0 Å². The summed E-state index contributed by atoms with van der Waals surface area (Å²) in [4.78, 5) is 12.0. The summed E-state index contributed by atoms with van der Waals surface area (Å²) in [5.41, 5.74) is 1.92. The van der Waals surface area contributed by atoms with Crippen LogP contribution >= 0.6 is 0 Å². The monoisotopic (exact) mass is 262 g/mol. The number of hydrogen-bond donors (Lipinski definition) is 2. The fraction of sp³-hybridized carbons (Fsp3) is 0.533. The first kappa shape index (κ1) is 13.9. The van der Waals surface area contributed by atoms with Gasteiger partial charge >= 0.3 is 0 Å². The van der Waals surface area contributed by atoms with Gasteiger partial charge in [0.2, 0.25) is 5.91 Å². The van der Waals surface area contributed by atoms with Gasteiger partial charge in [0.05, 0.1) is 0 Å². The summed E-state index contributed by atoms with van der Waals surface area (Å²) in [6, 6.07) is 8.24. The molecule has 0 radical (unpaired) electrons. The summed E-state index contributed by atoms with van der Waals surface area (Å²) in [5, 5.41) is 6.29. The fourth-order valence-corrected chi connectivity index (χ4v) is 2.19.